The zero-order valence-corrected chi connectivity index (χ0v) is 16.7. The first-order valence-corrected chi connectivity index (χ1v) is 9.26. The third-order valence-electron chi connectivity index (χ3n) is 4.88. The van der Waals surface area contributed by atoms with Gasteiger partial charge in [-0.2, -0.15) is 4.98 Å². The minimum absolute atomic E-state index is 0.172. The number of rotatable bonds is 4. The number of nitrogens with zero attached hydrogens (tertiary/aromatic N) is 5. The van der Waals surface area contributed by atoms with Crippen LogP contribution in [0.4, 0.5) is 0 Å². The van der Waals surface area contributed by atoms with Gasteiger partial charge < -0.3 is 4.74 Å². The average molecular weight is 395 g/mol. The zero-order chi connectivity index (χ0) is 20.9. The number of esters is 1. The molecule has 0 saturated carbocycles. The maximum absolute atomic E-state index is 13.1. The molecule has 0 amide bonds. The van der Waals surface area contributed by atoms with E-state index in [-0.39, 0.29) is 17.8 Å². The van der Waals surface area contributed by atoms with Crippen LogP contribution in [0, 0.1) is 13.8 Å². The van der Waals surface area contributed by atoms with Gasteiger partial charge in [-0.25, -0.2) is 9.36 Å². The number of carbonyl (C=O) groups excluding carboxylic acids is 1. The third-order valence-corrected chi connectivity index (χ3v) is 4.88. The summed E-state index contributed by atoms with van der Waals surface area (Å²) in [6, 6.07) is 7.92. The van der Waals surface area contributed by atoms with E-state index < -0.39 is 23.8 Å². The molecule has 0 aliphatic rings. The third kappa shape index (κ3) is 2.86. The van der Waals surface area contributed by atoms with Crippen molar-refractivity contribution < 1.29 is 9.53 Å². The SMILES string of the molecule is CCOC(=O)Cn1c(=O)c2c(nc3n(-c4cccc(C)c4)c(C)cn23)n(C)c1=O. The first kappa shape index (κ1) is 18.7. The number of aryl methyl sites for hydroxylation is 3. The van der Waals surface area contributed by atoms with Crippen LogP contribution < -0.4 is 11.2 Å². The molecule has 0 aliphatic carbocycles. The second-order valence-corrected chi connectivity index (χ2v) is 6.94. The number of ether oxygens (including phenoxy) is 1. The smallest absolute Gasteiger partial charge is 0.333 e. The fourth-order valence-electron chi connectivity index (χ4n) is 3.57. The quantitative estimate of drug-likeness (QED) is 0.486. The minimum atomic E-state index is -0.639. The Morgan fingerprint density at radius 3 is 2.66 bits per heavy atom. The van der Waals surface area contributed by atoms with Crippen LogP contribution >= 0.6 is 0 Å². The van der Waals surface area contributed by atoms with Crippen molar-refractivity contribution in [2.75, 3.05) is 6.61 Å². The molecule has 0 bridgehead atoms. The first-order chi connectivity index (χ1) is 13.8. The summed E-state index contributed by atoms with van der Waals surface area (Å²) in [7, 11) is 1.53. The van der Waals surface area contributed by atoms with E-state index in [9.17, 15) is 14.4 Å². The molecule has 150 valence electrons. The van der Waals surface area contributed by atoms with Crippen LogP contribution in [0.2, 0.25) is 0 Å². The molecule has 4 aromatic rings. The van der Waals surface area contributed by atoms with E-state index in [1.165, 1.54) is 11.6 Å². The van der Waals surface area contributed by atoms with Crippen LogP contribution in [0.15, 0.2) is 40.1 Å². The number of hydrogen-bond acceptors (Lipinski definition) is 5. The monoisotopic (exact) mass is 395 g/mol. The van der Waals surface area contributed by atoms with E-state index in [1.54, 1.807) is 17.5 Å². The predicted octanol–water partition coefficient (Wildman–Crippen LogP) is 1.32. The summed E-state index contributed by atoms with van der Waals surface area (Å²) < 4.78 is 10.6. The molecule has 4 rings (SSSR count). The highest BCUT2D eigenvalue weighted by Gasteiger charge is 2.22. The number of hydrogen-bond donors (Lipinski definition) is 0. The highest BCUT2D eigenvalue weighted by atomic mass is 16.5. The minimum Gasteiger partial charge on any atom is -0.465 e. The van der Waals surface area contributed by atoms with Crippen molar-refractivity contribution in [3.05, 3.63) is 62.6 Å². The molecule has 0 aliphatic heterocycles. The fraction of sp³-hybridized carbons (Fsp3) is 0.300. The lowest BCUT2D eigenvalue weighted by atomic mass is 10.2. The molecule has 3 heterocycles. The Morgan fingerprint density at radius 1 is 1.21 bits per heavy atom. The van der Waals surface area contributed by atoms with Gasteiger partial charge in [0.05, 0.1) is 6.61 Å². The summed E-state index contributed by atoms with van der Waals surface area (Å²) in [5.74, 6) is -0.121. The number of benzene rings is 1. The van der Waals surface area contributed by atoms with Crippen molar-refractivity contribution in [2.45, 2.75) is 27.3 Å². The second-order valence-electron chi connectivity index (χ2n) is 6.94. The Labute approximate surface area is 165 Å². The van der Waals surface area contributed by atoms with Crippen LogP contribution in [-0.2, 0) is 23.1 Å². The summed E-state index contributed by atoms with van der Waals surface area (Å²) in [6.07, 6.45) is 1.80. The Morgan fingerprint density at radius 2 is 1.97 bits per heavy atom. The van der Waals surface area contributed by atoms with Gasteiger partial charge >= 0.3 is 11.7 Å². The molecule has 1 aromatic carbocycles. The van der Waals surface area contributed by atoms with Crippen LogP contribution in [0.1, 0.15) is 18.2 Å². The lowest BCUT2D eigenvalue weighted by molar-refractivity contribution is -0.143. The number of fused-ring (bicyclic) bond motifs is 3. The van der Waals surface area contributed by atoms with Crippen molar-refractivity contribution in [3.63, 3.8) is 0 Å². The standard InChI is InChI=1S/C20H21N5O4/c1-5-29-15(26)11-24-18(27)16-17(22(4)20(24)28)21-19-23(16)10-13(3)25(19)14-8-6-7-12(2)9-14/h6-10H,5,11H2,1-4H3. The molecule has 0 fully saturated rings. The van der Waals surface area contributed by atoms with Crippen LogP contribution in [0.5, 0.6) is 0 Å². The average Bonchev–Trinajstić information content (AvgIpc) is 3.18. The van der Waals surface area contributed by atoms with E-state index in [2.05, 4.69) is 4.98 Å². The molecule has 0 N–H and O–H groups in total. The Balaban J connectivity index is 2.03. The first-order valence-electron chi connectivity index (χ1n) is 9.26. The van der Waals surface area contributed by atoms with Gasteiger partial charge in [0.25, 0.3) is 5.56 Å². The number of imidazole rings is 2. The molecule has 9 nitrogen and oxygen atoms in total. The highest BCUT2D eigenvalue weighted by molar-refractivity contribution is 5.77. The summed E-state index contributed by atoms with van der Waals surface area (Å²) >= 11 is 0. The van der Waals surface area contributed by atoms with E-state index in [0.29, 0.717) is 5.78 Å². The van der Waals surface area contributed by atoms with Gasteiger partial charge in [-0.15, -0.1) is 0 Å². The van der Waals surface area contributed by atoms with Crippen molar-refractivity contribution >= 4 is 22.9 Å². The van der Waals surface area contributed by atoms with Gasteiger partial charge in [0.2, 0.25) is 5.78 Å². The molecule has 0 saturated heterocycles. The Bertz CT molecular complexity index is 1390. The van der Waals surface area contributed by atoms with Crippen LogP contribution in [0.25, 0.3) is 22.6 Å². The molecular weight excluding hydrogens is 374 g/mol. The van der Waals surface area contributed by atoms with Gasteiger partial charge in [0, 0.05) is 24.6 Å². The topological polar surface area (TPSA) is 92.5 Å². The van der Waals surface area contributed by atoms with Gasteiger partial charge in [-0.1, -0.05) is 12.1 Å². The van der Waals surface area contributed by atoms with Crippen molar-refractivity contribution in [1.82, 2.24) is 23.1 Å². The summed E-state index contributed by atoms with van der Waals surface area (Å²) in [4.78, 5) is 42.2. The van der Waals surface area contributed by atoms with Gasteiger partial charge in [-0.05, 0) is 38.5 Å². The molecule has 0 spiro atoms. The largest absolute Gasteiger partial charge is 0.465 e. The maximum atomic E-state index is 13.1. The zero-order valence-electron chi connectivity index (χ0n) is 16.7. The molecule has 0 unspecified atom stereocenters. The lowest BCUT2D eigenvalue weighted by Gasteiger charge is -2.07. The second kappa shape index (κ2) is 6.77. The molecule has 29 heavy (non-hydrogen) atoms. The molecule has 9 heteroatoms. The summed E-state index contributed by atoms with van der Waals surface area (Å²) in [5.41, 5.74) is 2.18. The fourth-order valence-corrected chi connectivity index (χ4v) is 3.57. The summed E-state index contributed by atoms with van der Waals surface area (Å²) in [6.45, 7) is 5.31. The molecule has 3 aromatic heterocycles. The van der Waals surface area contributed by atoms with E-state index in [0.717, 1.165) is 21.5 Å². The van der Waals surface area contributed by atoms with Gasteiger partial charge in [0.1, 0.15) is 6.54 Å². The van der Waals surface area contributed by atoms with E-state index >= 15 is 0 Å². The maximum Gasteiger partial charge on any atom is 0.333 e. The van der Waals surface area contributed by atoms with Crippen molar-refractivity contribution in [3.8, 4) is 5.69 Å². The van der Waals surface area contributed by atoms with Crippen LogP contribution in [0.3, 0.4) is 0 Å². The highest BCUT2D eigenvalue weighted by Crippen LogP contribution is 2.21. The van der Waals surface area contributed by atoms with Crippen LogP contribution in [-0.4, -0.2) is 35.7 Å². The molecular formula is C20H21N5O4. The molecule has 0 radical (unpaired) electrons. The predicted molar refractivity (Wildman–Crippen MR) is 108 cm³/mol. The lowest BCUT2D eigenvalue weighted by Crippen LogP contribution is -2.41. The number of aromatic nitrogens is 5. The Hall–Kier alpha value is -3.62. The van der Waals surface area contributed by atoms with Gasteiger partial charge in [0.15, 0.2) is 11.2 Å². The number of carbonyl (C=O) groups is 1. The van der Waals surface area contributed by atoms with Gasteiger partial charge in [-0.3, -0.25) is 23.1 Å². The van der Waals surface area contributed by atoms with E-state index in [4.69, 9.17) is 4.74 Å². The van der Waals surface area contributed by atoms with Crippen molar-refractivity contribution in [1.29, 1.82) is 0 Å². The Kier molecular flexibility index (Phi) is 4.37. The molecule has 0 atom stereocenters. The normalized spacial score (nSPS) is 11.4. The van der Waals surface area contributed by atoms with Crippen molar-refractivity contribution in [2.24, 2.45) is 7.05 Å². The van der Waals surface area contributed by atoms with E-state index in [1.807, 2.05) is 42.7 Å². The summed E-state index contributed by atoms with van der Waals surface area (Å²) in [5, 5.41) is 0.